The van der Waals surface area contributed by atoms with Crippen LogP contribution in [-0.4, -0.2) is 23.9 Å². The molecule has 0 aromatic heterocycles. The Labute approximate surface area is 98.4 Å². The molecule has 4 heteroatoms. The van der Waals surface area contributed by atoms with Gasteiger partial charge in [-0.25, -0.2) is 0 Å². The summed E-state index contributed by atoms with van der Waals surface area (Å²) in [7, 11) is 1.79. The standard InChI is InChI=1S/C11H15BrN2O/c1-7(2)14(3)11(15)8-4-5-10(13)9(12)6-8/h4-7H,13H2,1-3H3. The minimum absolute atomic E-state index is 0.00528. The fourth-order valence-electron chi connectivity index (χ4n) is 1.10. The van der Waals surface area contributed by atoms with Crippen LogP contribution in [0.1, 0.15) is 24.2 Å². The summed E-state index contributed by atoms with van der Waals surface area (Å²) in [6.45, 7) is 3.95. The van der Waals surface area contributed by atoms with Gasteiger partial charge in [0.1, 0.15) is 0 Å². The minimum atomic E-state index is 0.00528. The monoisotopic (exact) mass is 270 g/mol. The number of carbonyl (C=O) groups excluding carboxylic acids is 1. The Bertz CT molecular complexity index is 377. The lowest BCUT2D eigenvalue weighted by Gasteiger charge is -2.21. The Balaban J connectivity index is 2.97. The van der Waals surface area contributed by atoms with Crippen LogP contribution in [0, 0.1) is 0 Å². The Hall–Kier alpha value is -1.03. The van der Waals surface area contributed by atoms with Gasteiger partial charge < -0.3 is 10.6 Å². The van der Waals surface area contributed by atoms with Gasteiger partial charge >= 0.3 is 0 Å². The van der Waals surface area contributed by atoms with Gasteiger partial charge in [-0.2, -0.15) is 0 Å². The number of nitrogen functional groups attached to an aromatic ring is 1. The zero-order chi connectivity index (χ0) is 11.6. The van der Waals surface area contributed by atoms with Crippen molar-refractivity contribution < 1.29 is 4.79 Å². The Morgan fingerprint density at radius 2 is 2.07 bits per heavy atom. The van der Waals surface area contributed by atoms with E-state index >= 15 is 0 Å². The predicted octanol–water partition coefficient (Wildman–Crippen LogP) is 2.51. The zero-order valence-corrected chi connectivity index (χ0v) is 10.7. The van der Waals surface area contributed by atoms with Gasteiger partial charge in [-0.1, -0.05) is 0 Å². The second-order valence-corrected chi connectivity index (χ2v) is 4.60. The van der Waals surface area contributed by atoms with Gasteiger partial charge in [0.15, 0.2) is 0 Å². The van der Waals surface area contributed by atoms with Gasteiger partial charge in [0.25, 0.3) is 5.91 Å². The van der Waals surface area contributed by atoms with Crippen LogP contribution in [0.5, 0.6) is 0 Å². The Kier molecular flexibility index (Phi) is 3.74. The van der Waals surface area contributed by atoms with E-state index in [1.807, 2.05) is 13.8 Å². The molecule has 0 aliphatic heterocycles. The Morgan fingerprint density at radius 3 is 2.53 bits per heavy atom. The molecule has 0 unspecified atom stereocenters. The van der Waals surface area contributed by atoms with Gasteiger partial charge in [-0.3, -0.25) is 4.79 Å². The van der Waals surface area contributed by atoms with Crippen molar-refractivity contribution in [3.63, 3.8) is 0 Å². The van der Waals surface area contributed by atoms with Crippen molar-refractivity contribution in [2.24, 2.45) is 0 Å². The molecule has 0 aliphatic carbocycles. The summed E-state index contributed by atoms with van der Waals surface area (Å²) >= 11 is 3.30. The number of rotatable bonds is 2. The van der Waals surface area contributed by atoms with E-state index in [0.717, 1.165) is 4.47 Å². The predicted molar refractivity (Wildman–Crippen MR) is 65.8 cm³/mol. The fraction of sp³-hybridized carbons (Fsp3) is 0.364. The second-order valence-electron chi connectivity index (χ2n) is 3.75. The quantitative estimate of drug-likeness (QED) is 0.840. The summed E-state index contributed by atoms with van der Waals surface area (Å²) in [5, 5.41) is 0. The van der Waals surface area contributed by atoms with E-state index in [1.165, 1.54) is 0 Å². The van der Waals surface area contributed by atoms with E-state index < -0.39 is 0 Å². The SMILES string of the molecule is CC(C)N(C)C(=O)c1ccc(N)c(Br)c1. The number of nitrogens with zero attached hydrogens (tertiary/aromatic N) is 1. The number of benzene rings is 1. The molecule has 1 amide bonds. The van der Waals surface area contributed by atoms with E-state index in [2.05, 4.69) is 15.9 Å². The van der Waals surface area contributed by atoms with E-state index in [0.29, 0.717) is 11.3 Å². The second kappa shape index (κ2) is 4.66. The van der Waals surface area contributed by atoms with Crippen LogP contribution in [0.4, 0.5) is 5.69 Å². The normalized spacial score (nSPS) is 10.5. The molecule has 0 bridgehead atoms. The van der Waals surface area contributed by atoms with Gasteiger partial charge in [0, 0.05) is 28.8 Å². The lowest BCUT2D eigenvalue weighted by molar-refractivity contribution is 0.0755. The maximum atomic E-state index is 11.9. The molecule has 0 atom stereocenters. The topological polar surface area (TPSA) is 46.3 Å². The highest BCUT2D eigenvalue weighted by Crippen LogP contribution is 2.21. The highest BCUT2D eigenvalue weighted by molar-refractivity contribution is 9.10. The summed E-state index contributed by atoms with van der Waals surface area (Å²) in [5.74, 6) is 0.00528. The first kappa shape index (κ1) is 12.0. The molecule has 0 aliphatic rings. The number of amides is 1. The summed E-state index contributed by atoms with van der Waals surface area (Å²) < 4.78 is 0.755. The lowest BCUT2D eigenvalue weighted by Crippen LogP contribution is -2.32. The molecule has 82 valence electrons. The summed E-state index contributed by atoms with van der Waals surface area (Å²) in [6, 6.07) is 5.40. The molecule has 0 fully saturated rings. The fourth-order valence-corrected chi connectivity index (χ4v) is 1.48. The molecule has 1 aromatic rings. The maximum absolute atomic E-state index is 11.9. The zero-order valence-electron chi connectivity index (χ0n) is 9.12. The summed E-state index contributed by atoms with van der Waals surface area (Å²) in [5.41, 5.74) is 6.94. The maximum Gasteiger partial charge on any atom is 0.253 e. The van der Waals surface area contributed by atoms with Crippen molar-refractivity contribution >= 4 is 27.5 Å². The number of nitrogens with two attached hydrogens (primary N) is 1. The van der Waals surface area contributed by atoms with Gasteiger partial charge in [0.2, 0.25) is 0 Å². The van der Waals surface area contributed by atoms with Gasteiger partial charge in [0.05, 0.1) is 0 Å². The average Bonchev–Trinajstić information content (AvgIpc) is 2.19. The molecule has 0 heterocycles. The van der Waals surface area contributed by atoms with Crippen LogP contribution in [0.25, 0.3) is 0 Å². The smallest absolute Gasteiger partial charge is 0.253 e. The van der Waals surface area contributed by atoms with Crippen molar-refractivity contribution in [3.8, 4) is 0 Å². The molecule has 15 heavy (non-hydrogen) atoms. The molecule has 3 nitrogen and oxygen atoms in total. The van der Waals surface area contributed by atoms with E-state index in [9.17, 15) is 4.79 Å². The Morgan fingerprint density at radius 1 is 1.47 bits per heavy atom. The lowest BCUT2D eigenvalue weighted by atomic mass is 10.1. The molecular weight excluding hydrogens is 256 g/mol. The van der Waals surface area contributed by atoms with Crippen LogP contribution >= 0.6 is 15.9 Å². The van der Waals surface area contributed by atoms with Crippen LogP contribution in [0.3, 0.4) is 0 Å². The summed E-state index contributed by atoms with van der Waals surface area (Å²) in [6.07, 6.45) is 0. The highest BCUT2D eigenvalue weighted by Gasteiger charge is 2.14. The first-order valence-electron chi connectivity index (χ1n) is 4.75. The van der Waals surface area contributed by atoms with Crippen molar-refractivity contribution in [3.05, 3.63) is 28.2 Å². The van der Waals surface area contributed by atoms with Gasteiger partial charge in [-0.15, -0.1) is 0 Å². The van der Waals surface area contributed by atoms with Crippen LogP contribution < -0.4 is 5.73 Å². The molecule has 0 radical (unpaired) electrons. The molecule has 0 saturated heterocycles. The molecule has 0 saturated carbocycles. The third-order valence-electron chi connectivity index (χ3n) is 2.34. The highest BCUT2D eigenvalue weighted by atomic mass is 79.9. The van der Waals surface area contributed by atoms with Crippen LogP contribution in [0.2, 0.25) is 0 Å². The van der Waals surface area contributed by atoms with Crippen molar-refractivity contribution in [2.45, 2.75) is 19.9 Å². The molecular formula is C11H15BrN2O. The van der Waals surface area contributed by atoms with Crippen molar-refractivity contribution in [1.82, 2.24) is 4.90 Å². The largest absolute Gasteiger partial charge is 0.398 e. The number of hydrogen-bond acceptors (Lipinski definition) is 2. The number of halogens is 1. The molecule has 1 aromatic carbocycles. The average molecular weight is 271 g/mol. The molecule has 1 rings (SSSR count). The number of hydrogen-bond donors (Lipinski definition) is 1. The van der Waals surface area contributed by atoms with E-state index in [-0.39, 0.29) is 11.9 Å². The van der Waals surface area contributed by atoms with Crippen molar-refractivity contribution in [1.29, 1.82) is 0 Å². The first-order chi connectivity index (χ1) is 6.93. The van der Waals surface area contributed by atoms with E-state index in [4.69, 9.17) is 5.73 Å². The van der Waals surface area contributed by atoms with Crippen LogP contribution in [0.15, 0.2) is 22.7 Å². The molecule has 0 spiro atoms. The summed E-state index contributed by atoms with van der Waals surface area (Å²) in [4.78, 5) is 13.6. The van der Waals surface area contributed by atoms with Gasteiger partial charge in [-0.05, 0) is 48.0 Å². The van der Waals surface area contributed by atoms with Crippen molar-refractivity contribution in [2.75, 3.05) is 12.8 Å². The van der Waals surface area contributed by atoms with E-state index in [1.54, 1.807) is 30.1 Å². The minimum Gasteiger partial charge on any atom is -0.398 e. The molecule has 2 N–H and O–H groups in total. The third-order valence-corrected chi connectivity index (χ3v) is 3.03. The third kappa shape index (κ3) is 2.72. The first-order valence-corrected chi connectivity index (χ1v) is 5.55. The number of carbonyl (C=O) groups is 1. The number of anilines is 1. The van der Waals surface area contributed by atoms with Crippen LogP contribution in [-0.2, 0) is 0 Å².